The van der Waals surface area contributed by atoms with E-state index >= 15 is 0 Å². The van der Waals surface area contributed by atoms with Crippen LogP contribution in [0.2, 0.25) is 0 Å². The molecule has 0 aliphatic heterocycles. The van der Waals surface area contributed by atoms with E-state index in [9.17, 15) is 33.6 Å². The first kappa shape index (κ1) is 53.0. The summed E-state index contributed by atoms with van der Waals surface area (Å²) in [5.74, 6) is -3.17. The van der Waals surface area contributed by atoms with Gasteiger partial charge in [0.05, 0.1) is 56.9 Å². The van der Waals surface area contributed by atoms with Crippen molar-refractivity contribution in [1.82, 2.24) is 0 Å². The molecular formula is C53H62O16. The monoisotopic (exact) mass is 954 g/mol. The highest BCUT2D eigenvalue weighted by molar-refractivity contribution is 5.94. The second-order valence-corrected chi connectivity index (χ2v) is 16.8. The fraction of sp³-hybridized carbons (Fsp3) is 0.453. The van der Waals surface area contributed by atoms with Crippen molar-refractivity contribution in [2.75, 3.05) is 26.9 Å². The van der Waals surface area contributed by atoms with E-state index in [1.165, 1.54) is 32.2 Å². The molecule has 2 saturated carbocycles. The molecule has 2 aliphatic rings. The molecule has 0 N–H and O–H groups in total. The Balaban J connectivity index is 0.994. The summed E-state index contributed by atoms with van der Waals surface area (Å²) >= 11 is 0. The molecule has 0 atom stereocenters. The predicted molar refractivity (Wildman–Crippen MR) is 249 cm³/mol. The molecule has 0 aromatic heterocycles. The third kappa shape index (κ3) is 18.2. The van der Waals surface area contributed by atoms with Gasteiger partial charge in [0.25, 0.3) is 0 Å². The zero-order valence-corrected chi connectivity index (χ0v) is 39.4. The molecule has 370 valence electrons. The van der Waals surface area contributed by atoms with Crippen LogP contribution in [-0.4, -0.2) is 68.7 Å². The summed E-state index contributed by atoms with van der Waals surface area (Å²) in [4.78, 5) is 87.2. The molecule has 16 nitrogen and oxygen atoms in total. The lowest BCUT2D eigenvalue weighted by atomic mass is 9.82. The quantitative estimate of drug-likeness (QED) is 0.0194. The predicted octanol–water partition coefficient (Wildman–Crippen LogP) is 9.40. The van der Waals surface area contributed by atoms with Gasteiger partial charge in [-0.15, -0.1) is 0 Å². The minimum Gasteiger partial charge on any atom is -0.494 e. The molecule has 0 spiro atoms. The molecule has 0 unspecified atom stereocenters. The van der Waals surface area contributed by atoms with Crippen molar-refractivity contribution in [3.05, 3.63) is 97.3 Å². The second-order valence-electron chi connectivity index (χ2n) is 16.8. The maximum Gasteiger partial charge on any atom is 0.341 e. The largest absolute Gasteiger partial charge is 0.494 e. The van der Waals surface area contributed by atoms with E-state index in [1.54, 1.807) is 54.8 Å². The molecule has 0 amide bonds. The van der Waals surface area contributed by atoms with Crippen LogP contribution in [0.25, 0.3) is 0 Å². The summed E-state index contributed by atoms with van der Waals surface area (Å²) in [6, 6.07) is 17.6. The van der Waals surface area contributed by atoms with Gasteiger partial charge in [0.1, 0.15) is 40.1 Å². The normalized spacial score (nSPS) is 17.7. The lowest BCUT2D eigenvalue weighted by Crippen LogP contribution is -2.31. The van der Waals surface area contributed by atoms with E-state index in [2.05, 4.69) is 6.58 Å². The Morgan fingerprint density at radius 3 is 1.51 bits per heavy atom. The number of carbonyl (C=O) groups excluding carboxylic acids is 7. The number of hydrogen-bond acceptors (Lipinski definition) is 16. The van der Waals surface area contributed by atoms with E-state index in [4.69, 9.17) is 42.6 Å². The van der Waals surface area contributed by atoms with Gasteiger partial charge in [-0.05, 0) is 169 Å². The summed E-state index contributed by atoms with van der Waals surface area (Å²) in [5.41, 5.74) is -0.0997. The maximum absolute atomic E-state index is 13.3. The zero-order valence-electron chi connectivity index (χ0n) is 39.4. The molecule has 0 radical (unpaired) electrons. The second kappa shape index (κ2) is 28.4. The summed E-state index contributed by atoms with van der Waals surface area (Å²) in [6.07, 6.45) is 13.6. The molecule has 0 heterocycles. The average molecular weight is 955 g/mol. The Hall–Kier alpha value is -6.97. The van der Waals surface area contributed by atoms with Gasteiger partial charge >= 0.3 is 41.8 Å². The van der Waals surface area contributed by atoms with E-state index in [1.807, 2.05) is 6.08 Å². The van der Waals surface area contributed by atoms with Crippen molar-refractivity contribution in [1.29, 1.82) is 0 Å². The number of methoxy groups -OCH3 is 1. The summed E-state index contributed by atoms with van der Waals surface area (Å²) in [7, 11) is 1.18. The smallest absolute Gasteiger partial charge is 0.341 e. The van der Waals surface area contributed by atoms with Crippen molar-refractivity contribution in [3.63, 3.8) is 0 Å². The fourth-order valence-corrected chi connectivity index (χ4v) is 7.80. The molecule has 5 rings (SSSR count). The highest BCUT2D eigenvalue weighted by Crippen LogP contribution is 2.35. The molecule has 69 heavy (non-hydrogen) atoms. The number of allylic oxidation sites excluding steroid dienone is 1. The summed E-state index contributed by atoms with van der Waals surface area (Å²) in [5, 5.41) is 0. The first-order valence-corrected chi connectivity index (χ1v) is 23.6. The van der Waals surface area contributed by atoms with Gasteiger partial charge in [-0.25, -0.2) is 9.59 Å². The number of unbranched alkanes of at least 4 members (excludes halogenated alkanes) is 5. The fourth-order valence-electron chi connectivity index (χ4n) is 7.80. The van der Waals surface area contributed by atoms with Gasteiger partial charge in [0.2, 0.25) is 0 Å². The number of benzene rings is 3. The van der Waals surface area contributed by atoms with Crippen LogP contribution in [0, 0.1) is 23.7 Å². The van der Waals surface area contributed by atoms with Gasteiger partial charge in [-0.2, -0.15) is 0 Å². The standard InChI is InChI=1S/C53H62O16/c1-4-48(55)65-34-12-8-7-11-33-64-42-23-25-43(26-24-42)66-49(56)37-13-15-39(16-14-37)51(58)68-45-29-30-47(46(35-45)53(60)61-3)69-52(59)40-19-17-38(18-20-40)50(57)67-44-27-21-41(22-28-44)63-32-10-6-5-9-31-62-36(2)54/h4,10,21-30,32,35,37-40H,1,5-9,11-20,31,33-34H2,2-3H3/b32-10+. The minimum atomic E-state index is -0.794. The Morgan fingerprint density at radius 2 is 0.986 bits per heavy atom. The van der Waals surface area contributed by atoms with E-state index in [-0.39, 0.29) is 29.0 Å². The molecule has 0 saturated heterocycles. The Kier molecular flexibility index (Phi) is 21.8. The lowest BCUT2D eigenvalue weighted by molar-refractivity contribution is -0.145. The Bertz CT molecular complexity index is 2210. The van der Waals surface area contributed by atoms with Crippen molar-refractivity contribution >= 4 is 41.8 Å². The average Bonchev–Trinajstić information content (AvgIpc) is 3.36. The van der Waals surface area contributed by atoms with Crippen LogP contribution in [0.15, 0.2) is 91.7 Å². The van der Waals surface area contributed by atoms with Crippen molar-refractivity contribution in [2.24, 2.45) is 23.7 Å². The molecule has 16 heteroatoms. The van der Waals surface area contributed by atoms with Crippen LogP contribution < -0.4 is 28.4 Å². The summed E-state index contributed by atoms with van der Waals surface area (Å²) < 4.78 is 48.8. The Morgan fingerprint density at radius 1 is 0.536 bits per heavy atom. The lowest BCUT2D eigenvalue weighted by Gasteiger charge is -2.26. The van der Waals surface area contributed by atoms with Crippen LogP contribution in [0.5, 0.6) is 34.5 Å². The molecule has 3 aromatic rings. The van der Waals surface area contributed by atoms with Crippen LogP contribution in [0.1, 0.15) is 114 Å². The van der Waals surface area contributed by atoms with Gasteiger partial charge in [-0.3, -0.25) is 24.0 Å². The number of ether oxygens (including phenoxy) is 9. The number of rotatable bonds is 25. The van der Waals surface area contributed by atoms with Crippen LogP contribution in [0.3, 0.4) is 0 Å². The van der Waals surface area contributed by atoms with Crippen LogP contribution in [-0.2, 0) is 43.0 Å². The van der Waals surface area contributed by atoms with Crippen molar-refractivity contribution < 1.29 is 76.2 Å². The van der Waals surface area contributed by atoms with E-state index in [0.29, 0.717) is 94.2 Å². The zero-order chi connectivity index (χ0) is 49.4. The van der Waals surface area contributed by atoms with Crippen LogP contribution in [0.4, 0.5) is 0 Å². The van der Waals surface area contributed by atoms with Gasteiger partial charge in [0, 0.05) is 13.0 Å². The molecule has 2 fully saturated rings. The molecule has 2 aliphatic carbocycles. The van der Waals surface area contributed by atoms with Crippen molar-refractivity contribution in [2.45, 2.75) is 103 Å². The number of carbonyl (C=O) groups is 7. The first-order valence-electron chi connectivity index (χ1n) is 23.6. The van der Waals surface area contributed by atoms with E-state index in [0.717, 1.165) is 51.0 Å². The summed E-state index contributed by atoms with van der Waals surface area (Å²) in [6.45, 7) is 6.04. The van der Waals surface area contributed by atoms with E-state index < -0.39 is 53.5 Å². The highest BCUT2D eigenvalue weighted by atomic mass is 16.6. The molecule has 3 aromatic carbocycles. The highest BCUT2D eigenvalue weighted by Gasteiger charge is 2.34. The first-order chi connectivity index (χ1) is 33.4. The molecular weight excluding hydrogens is 893 g/mol. The van der Waals surface area contributed by atoms with Gasteiger partial charge < -0.3 is 42.6 Å². The van der Waals surface area contributed by atoms with Gasteiger partial charge in [-0.1, -0.05) is 6.58 Å². The molecule has 0 bridgehead atoms. The maximum atomic E-state index is 13.3. The number of esters is 7. The number of hydrogen-bond donors (Lipinski definition) is 0. The topological polar surface area (TPSA) is 203 Å². The third-order valence-corrected chi connectivity index (χ3v) is 11.7. The van der Waals surface area contributed by atoms with Crippen LogP contribution >= 0.6 is 0 Å². The Labute approximate surface area is 402 Å². The van der Waals surface area contributed by atoms with Crippen molar-refractivity contribution in [3.8, 4) is 34.5 Å². The van der Waals surface area contributed by atoms with Gasteiger partial charge in [0.15, 0.2) is 0 Å². The minimum absolute atomic E-state index is 0.0532. The third-order valence-electron chi connectivity index (χ3n) is 11.7. The SMILES string of the molecule is C=CC(=O)OCCCCCCOc1ccc(OC(=O)C2CCC(C(=O)Oc3ccc(OC(=O)C4CCC(C(=O)Oc5ccc(O/C=C/CCCCOC(C)=O)cc5)CC4)c(C(=O)OC)c3)CC2)cc1.